The Kier molecular flexibility index (Phi) is 9.06. The molecule has 2 atom stereocenters. The van der Waals surface area contributed by atoms with Gasteiger partial charge in [-0.2, -0.15) is 0 Å². The van der Waals surface area contributed by atoms with Crippen LogP contribution < -0.4 is 0 Å². The standard InChI is InChI=1S/C12H27NO2/c1-4-11(9-14)7-13(6-3)8-12(5-2)10-15/h11-12,14-15H,4-10H2,1-3H3. The summed E-state index contributed by atoms with van der Waals surface area (Å²) in [6, 6.07) is 0. The summed E-state index contributed by atoms with van der Waals surface area (Å²) < 4.78 is 0. The van der Waals surface area contributed by atoms with Crippen LogP contribution in [-0.2, 0) is 0 Å². The summed E-state index contributed by atoms with van der Waals surface area (Å²) in [5.41, 5.74) is 0. The first kappa shape index (κ1) is 14.9. The van der Waals surface area contributed by atoms with Crippen molar-refractivity contribution in [3.05, 3.63) is 0 Å². The van der Waals surface area contributed by atoms with Crippen LogP contribution >= 0.6 is 0 Å². The Morgan fingerprint density at radius 2 is 1.27 bits per heavy atom. The van der Waals surface area contributed by atoms with Gasteiger partial charge >= 0.3 is 0 Å². The minimum absolute atomic E-state index is 0.267. The van der Waals surface area contributed by atoms with Crippen molar-refractivity contribution < 1.29 is 10.2 Å². The van der Waals surface area contributed by atoms with Crippen LogP contribution in [0.1, 0.15) is 33.6 Å². The Bertz CT molecular complexity index is 120. The van der Waals surface area contributed by atoms with Gasteiger partial charge in [0, 0.05) is 26.3 Å². The van der Waals surface area contributed by atoms with E-state index < -0.39 is 0 Å². The highest BCUT2D eigenvalue weighted by atomic mass is 16.3. The van der Waals surface area contributed by atoms with Gasteiger partial charge in [-0.05, 0) is 31.2 Å². The number of nitrogens with zero attached hydrogens (tertiary/aromatic N) is 1. The van der Waals surface area contributed by atoms with Crippen molar-refractivity contribution in [3.63, 3.8) is 0 Å². The highest BCUT2D eigenvalue weighted by Gasteiger charge is 2.14. The lowest BCUT2D eigenvalue weighted by molar-refractivity contribution is 0.126. The SMILES string of the molecule is CCC(CO)CN(CC)CC(CC)CO. The van der Waals surface area contributed by atoms with E-state index in [4.69, 9.17) is 10.2 Å². The van der Waals surface area contributed by atoms with Crippen LogP contribution in [0.5, 0.6) is 0 Å². The number of aliphatic hydroxyl groups is 2. The molecule has 0 aliphatic heterocycles. The van der Waals surface area contributed by atoms with Gasteiger partial charge in [0.15, 0.2) is 0 Å². The average Bonchev–Trinajstić information content (AvgIpc) is 2.30. The molecule has 15 heavy (non-hydrogen) atoms. The van der Waals surface area contributed by atoms with E-state index in [0.29, 0.717) is 11.8 Å². The molecule has 0 aliphatic rings. The van der Waals surface area contributed by atoms with E-state index in [1.54, 1.807) is 0 Å². The fourth-order valence-electron chi connectivity index (χ4n) is 1.69. The van der Waals surface area contributed by atoms with Gasteiger partial charge in [0.1, 0.15) is 0 Å². The number of aliphatic hydroxyl groups excluding tert-OH is 2. The Morgan fingerprint density at radius 3 is 1.47 bits per heavy atom. The lowest BCUT2D eigenvalue weighted by atomic mass is 10.0. The molecule has 2 unspecified atom stereocenters. The Balaban J connectivity index is 4.00. The molecule has 0 fully saturated rings. The van der Waals surface area contributed by atoms with Gasteiger partial charge in [0.05, 0.1) is 0 Å². The molecule has 0 saturated heterocycles. The molecule has 2 N–H and O–H groups in total. The molecule has 0 heterocycles. The molecule has 0 spiro atoms. The summed E-state index contributed by atoms with van der Waals surface area (Å²) in [6.07, 6.45) is 2.03. The van der Waals surface area contributed by atoms with Crippen molar-refractivity contribution in [2.24, 2.45) is 11.8 Å². The number of rotatable bonds is 9. The van der Waals surface area contributed by atoms with E-state index in [-0.39, 0.29) is 13.2 Å². The summed E-state index contributed by atoms with van der Waals surface area (Å²) in [4.78, 5) is 2.33. The van der Waals surface area contributed by atoms with E-state index in [2.05, 4.69) is 25.7 Å². The monoisotopic (exact) mass is 217 g/mol. The summed E-state index contributed by atoms with van der Waals surface area (Å²) in [5, 5.41) is 18.3. The van der Waals surface area contributed by atoms with E-state index in [1.807, 2.05) is 0 Å². The fourth-order valence-corrected chi connectivity index (χ4v) is 1.69. The normalized spacial score (nSPS) is 15.6. The molecule has 3 heteroatoms. The van der Waals surface area contributed by atoms with Crippen LogP contribution in [0.2, 0.25) is 0 Å². The second kappa shape index (κ2) is 9.13. The van der Waals surface area contributed by atoms with Gasteiger partial charge in [-0.1, -0.05) is 20.8 Å². The van der Waals surface area contributed by atoms with Crippen molar-refractivity contribution in [1.82, 2.24) is 4.90 Å². The van der Waals surface area contributed by atoms with Crippen molar-refractivity contribution in [3.8, 4) is 0 Å². The third-order valence-electron chi connectivity index (χ3n) is 3.15. The molecule has 0 amide bonds. The molecule has 0 bridgehead atoms. The maximum atomic E-state index is 9.14. The molecule has 0 aromatic heterocycles. The Morgan fingerprint density at radius 1 is 0.867 bits per heavy atom. The van der Waals surface area contributed by atoms with Crippen molar-refractivity contribution >= 4 is 0 Å². The zero-order valence-corrected chi connectivity index (χ0v) is 10.4. The van der Waals surface area contributed by atoms with Crippen LogP contribution in [0.25, 0.3) is 0 Å². The van der Waals surface area contributed by atoms with Gasteiger partial charge < -0.3 is 15.1 Å². The fraction of sp³-hybridized carbons (Fsp3) is 1.00. The van der Waals surface area contributed by atoms with Gasteiger partial charge in [-0.15, -0.1) is 0 Å². The molecule has 3 nitrogen and oxygen atoms in total. The quantitative estimate of drug-likeness (QED) is 0.612. The molecule has 92 valence electrons. The van der Waals surface area contributed by atoms with Crippen molar-refractivity contribution in [2.75, 3.05) is 32.8 Å². The molecule has 0 rings (SSSR count). The van der Waals surface area contributed by atoms with E-state index in [0.717, 1.165) is 32.5 Å². The molecule has 0 aromatic rings. The largest absolute Gasteiger partial charge is 0.396 e. The first-order valence-corrected chi connectivity index (χ1v) is 6.15. The van der Waals surface area contributed by atoms with Crippen molar-refractivity contribution in [2.45, 2.75) is 33.6 Å². The van der Waals surface area contributed by atoms with Gasteiger partial charge in [0.25, 0.3) is 0 Å². The third kappa shape index (κ3) is 6.13. The molecule has 0 aromatic carbocycles. The van der Waals surface area contributed by atoms with Crippen LogP contribution in [0.15, 0.2) is 0 Å². The minimum Gasteiger partial charge on any atom is -0.396 e. The second-order valence-corrected chi connectivity index (χ2v) is 4.27. The highest BCUT2D eigenvalue weighted by molar-refractivity contribution is 4.67. The van der Waals surface area contributed by atoms with Crippen LogP contribution in [0.4, 0.5) is 0 Å². The summed E-state index contributed by atoms with van der Waals surface area (Å²) in [5.74, 6) is 0.752. The Labute approximate surface area is 94.1 Å². The summed E-state index contributed by atoms with van der Waals surface area (Å²) in [7, 11) is 0. The molecule has 0 radical (unpaired) electrons. The smallest absolute Gasteiger partial charge is 0.0471 e. The average molecular weight is 217 g/mol. The van der Waals surface area contributed by atoms with Crippen LogP contribution in [0.3, 0.4) is 0 Å². The van der Waals surface area contributed by atoms with Gasteiger partial charge in [0.2, 0.25) is 0 Å². The topological polar surface area (TPSA) is 43.7 Å². The predicted octanol–water partition coefficient (Wildman–Crippen LogP) is 1.35. The molecule has 0 aliphatic carbocycles. The van der Waals surface area contributed by atoms with Crippen LogP contribution in [0, 0.1) is 11.8 Å². The van der Waals surface area contributed by atoms with Crippen molar-refractivity contribution in [1.29, 1.82) is 0 Å². The van der Waals surface area contributed by atoms with Gasteiger partial charge in [-0.25, -0.2) is 0 Å². The van der Waals surface area contributed by atoms with E-state index in [9.17, 15) is 0 Å². The molecule has 0 saturated carbocycles. The van der Waals surface area contributed by atoms with Gasteiger partial charge in [-0.3, -0.25) is 0 Å². The van der Waals surface area contributed by atoms with E-state index >= 15 is 0 Å². The summed E-state index contributed by atoms with van der Waals surface area (Å²) in [6.45, 7) is 9.77. The first-order valence-electron chi connectivity index (χ1n) is 6.15. The lowest BCUT2D eigenvalue weighted by Gasteiger charge is -2.27. The molecular weight excluding hydrogens is 190 g/mol. The minimum atomic E-state index is 0.267. The highest BCUT2D eigenvalue weighted by Crippen LogP contribution is 2.09. The summed E-state index contributed by atoms with van der Waals surface area (Å²) >= 11 is 0. The number of hydrogen-bond acceptors (Lipinski definition) is 3. The maximum absolute atomic E-state index is 9.14. The predicted molar refractivity (Wildman–Crippen MR) is 63.8 cm³/mol. The maximum Gasteiger partial charge on any atom is 0.0471 e. The Hall–Kier alpha value is -0.120. The zero-order valence-electron chi connectivity index (χ0n) is 10.4. The second-order valence-electron chi connectivity index (χ2n) is 4.27. The number of hydrogen-bond donors (Lipinski definition) is 2. The zero-order chi connectivity index (χ0) is 11.7. The third-order valence-corrected chi connectivity index (χ3v) is 3.15. The van der Waals surface area contributed by atoms with E-state index in [1.165, 1.54) is 0 Å². The lowest BCUT2D eigenvalue weighted by Crippen LogP contribution is -2.35. The first-order chi connectivity index (χ1) is 7.21. The van der Waals surface area contributed by atoms with Crippen LogP contribution in [-0.4, -0.2) is 48.0 Å². The molecular formula is C12H27NO2.